The number of hydrogen-bond donors (Lipinski definition) is 0. The molecule has 0 radical (unpaired) electrons. The summed E-state index contributed by atoms with van der Waals surface area (Å²) in [6.45, 7) is 4.00. The number of aryl methyl sites for hydroxylation is 1. The lowest BCUT2D eigenvalue weighted by Gasteiger charge is -2.10. The molecule has 112 valence electrons. The number of carboxylic acid groups (broad SMARTS) is 1. The van der Waals surface area contributed by atoms with E-state index in [-0.39, 0.29) is 5.56 Å². The number of carboxylic acids is 1. The molecule has 4 nitrogen and oxygen atoms in total. The molecule has 0 fully saturated rings. The molecule has 0 N–H and O–H groups in total. The van der Waals surface area contributed by atoms with Gasteiger partial charge in [0.05, 0.1) is 23.0 Å². The van der Waals surface area contributed by atoms with Crippen LogP contribution in [0.5, 0.6) is 0 Å². The zero-order valence-corrected chi connectivity index (χ0v) is 13.0. The standard InChI is InChI=1S/C16H19ClN2O2/c1-3-6-13-15(16(20)21)14(7-4-2)19(18-13)12-9-5-8-11(17)10-12/h5,8-10H,3-4,6-7H2,1-2H3,(H,20,21)/p-1. The quantitative estimate of drug-likeness (QED) is 0.824. The summed E-state index contributed by atoms with van der Waals surface area (Å²) in [6.07, 6.45) is 2.91. The number of halogens is 1. The molecule has 2 rings (SSSR count). The Morgan fingerprint density at radius 3 is 2.57 bits per heavy atom. The maximum Gasteiger partial charge on any atom is 0.0752 e. The Hall–Kier alpha value is -1.81. The zero-order valence-electron chi connectivity index (χ0n) is 12.2. The molecule has 0 aliphatic rings. The molecule has 1 aromatic carbocycles. The van der Waals surface area contributed by atoms with Crippen molar-refractivity contribution in [1.82, 2.24) is 9.78 Å². The third kappa shape index (κ3) is 3.27. The van der Waals surface area contributed by atoms with E-state index >= 15 is 0 Å². The summed E-state index contributed by atoms with van der Waals surface area (Å²) >= 11 is 6.02. The third-order valence-corrected chi connectivity index (χ3v) is 3.52. The van der Waals surface area contributed by atoms with Gasteiger partial charge in [0.2, 0.25) is 0 Å². The fourth-order valence-electron chi connectivity index (χ4n) is 2.44. The Kier molecular flexibility index (Phi) is 5.02. The van der Waals surface area contributed by atoms with Crippen molar-refractivity contribution < 1.29 is 9.90 Å². The Bertz CT molecular complexity index is 650. The molecular formula is C16H18ClN2O2-. The third-order valence-electron chi connectivity index (χ3n) is 3.28. The van der Waals surface area contributed by atoms with Gasteiger partial charge in [0.25, 0.3) is 0 Å². The van der Waals surface area contributed by atoms with Crippen LogP contribution in [0, 0.1) is 0 Å². The predicted octanol–water partition coefficient (Wildman–Crippen LogP) is 2.79. The average Bonchev–Trinajstić information content (AvgIpc) is 2.78. The van der Waals surface area contributed by atoms with E-state index in [0.717, 1.165) is 18.5 Å². The van der Waals surface area contributed by atoms with Gasteiger partial charge in [-0.25, -0.2) is 4.68 Å². The van der Waals surface area contributed by atoms with Crippen LogP contribution in [0.3, 0.4) is 0 Å². The number of aromatic nitrogens is 2. The van der Waals surface area contributed by atoms with E-state index in [1.807, 2.05) is 26.0 Å². The molecule has 0 saturated heterocycles. The van der Waals surface area contributed by atoms with Crippen molar-refractivity contribution in [3.05, 3.63) is 46.2 Å². The fraction of sp³-hybridized carbons (Fsp3) is 0.375. The Morgan fingerprint density at radius 1 is 1.29 bits per heavy atom. The second kappa shape index (κ2) is 6.76. The highest BCUT2D eigenvalue weighted by molar-refractivity contribution is 6.30. The molecule has 0 aliphatic heterocycles. The van der Waals surface area contributed by atoms with Crippen LogP contribution in [-0.2, 0) is 12.8 Å². The highest BCUT2D eigenvalue weighted by atomic mass is 35.5. The number of aromatic carboxylic acids is 1. The van der Waals surface area contributed by atoms with Gasteiger partial charge in [-0.1, -0.05) is 44.4 Å². The van der Waals surface area contributed by atoms with Crippen molar-refractivity contribution in [2.24, 2.45) is 0 Å². The number of hydrogen-bond acceptors (Lipinski definition) is 3. The van der Waals surface area contributed by atoms with Gasteiger partial charge in [-0.3, -0.25) is 0 Å². The topological polar surface area (TPSA) is 58.0 Å². The Morgan fingerprint density at radius 2 is 2.00 bits per heavy atom. The molecule has 0 bridgehead atoms. The number of rotatable bonds is 6. The lowest BCUT2D eigenvalue weighted by Crippen LogP contribution is -2.25. The Labute approximate surface area is 129 Å². The first-order valence-electron chi connectivity index (χ1n) is 7.16. The lowest BCUT2D eigenvalue weighted by molar-refractivity contribution is -0.255. The van der Waals surface area contributed by atoms with Crippen molar-refractivity contribution in [1.29, 1.82) is 0 Å². The first-order chi connectivity index (χ1) is 10.1. The predicted molar refractivity (Wildman–Crippen MR) is 80.9 cm³/mol. The van der Waals surface area contributed by atoms with Crippen molar-refractivity contribution >= 4 is 17.6 Å². The first kappa shape index (κ1) is 15.6. The van der Waals surface area contributed by atoms with E-state index in [1.165, 1.54) is 0 Å². The molecule has 5 heteroatoms. The van der Waals surface area contributed by atoms with Crippen LogP contribution in [0.2, 0.25) is 5.02 Å². The number of nitrogens with zero attached hydrogens (tertiary/aromatic N) is 2. The van der Waals surface area contributed by atoms with Crippen molar-refractivity contribution in [2.45, 2.75) is 39.5 Å². The molecule has 1 aromatic heterocycles. The largest absolute Gasteiger partial charge is 0.545 e. The molecule has 0 atom stereocenters. The van der Waals surface area contributed by atoms with Crippen LogP contribution in [0.25, 0.3) is 5.69 Å². The smallest absolute Gasteiger partial charge is 0.0752 e. The lowest BCUT2D eigenvalue weighted by atomic mass is 10.1. The average molecular weight is 306 g/mol. The van der Waals surface area contributed by atoms with E-state index in [9.17, 15) is 9.90 Å². The van der Waals surface area contributed by atoms with E-state index in [1.54, 1.807) is 16.8 Å². The van der Waals surface area contributed by atoms with Crippen molar-refractivity contribution in [3.8, 4) is 5.69 Å². The van der Waals surface area contributed by atoms with Crippen LogP contribution in [0.15, 0.2) is 24.3 Å². The Balaban J connectivity index is 2.64. The van der Waals surface area contributed by atoms with E-state index in [0.29, 0.717) is 29.3 Å². The van der Waals surface area contributed by atoms with Gasteiger partial charge in [0, 0.05) is 10.6 Å². The molecular weight excluding hydrogens is 288 g/mol. The number of carbonyl (C=O) groups excluding carboxylic acids is 1. The maximum absolute atomic E-state index is 11.5. The summed E-state index contributed by atoms with van der Waals surface area (Å²) < 4.78 is 1.69. The molecule has 2 aromatic rings. The number of benzene rings is 1. The minimum absolute atomic E-state index is 0.235. The zero-order chi connectivity index (χ0) is 15.4. The summed E-state index contributed by atoms with van der Waals surface area (Å²) in [5.74, 6) is -1.16. The summed E-state index contributed by atoms with van der Waals surface area (Å²) in [7, 11) is 0. The van der Waals surface area contributed by atoms with Gasteiger partial charge in [0.15, 0.2) is 0 Å². The molecule has 0 saturated carbocycles. The summed E-state index contributed by atoms with van der Waals surface area (Å²) in [6, 6.07) is 7.25. The first-order valence-corrected chi connectivity index (χ1v) is 7.54. The van der Waals surface area contributed by atoms with Crippen LogP contribution in [-0.4, -0.2) is 15.7 Å². The SMILES string of the molecule is CCCc1nn(-c2cccc(Cl)c2)c(CCC)c1C(=O)[O-]. The van der Waals surface area contributed by atoms with Crippen molar-refractivity contribution in [2.75, 3.05) is 0 Å². The summed E-state index contributed by atoms with van der Waals surface area (Å²) in [4.78, 5) is 11.5. The molecule has 0 aliphatic carbocycles. The van der Waals surface area contributed by atoms with Gasteiger partial charge >= 0.3 is 0 Å². The minimum atomic E-state index is -1.16. The normalized spacial score (nSPS) is 10.8. The van der Waals surface area contributed by atoms with Crippen LogP contribution >= 0.6 is 11.6 Å². The fourth-order valence-corrected chi connectivity index (χ4v) is 2.62. The summed E-state index contributed by atoms with van der Waals surface area (Å²) in [5, 5.41) is 16.6. The van der Waals surface area contributed by atoms with E-state index in [2.05, 4.69) is 5.10 Å². The van der Waals surface area contributed by atoms with Crippen LogP contribution in [0.1, 0.15) is 48.4 Å². The van der Waals surface area contributed by atoms with E-state index in [4.69, 9.17) is 11.6 Å². The molecule has 1 heterocycles. The summed E-state index contributed by atoms with van der Waals surface area (Å²) in [5.41, 5.74) is 2.28. The monoisotopic (exact) mass is 305 g/mol. The van der Waals surface area contributed by atoms with Gasteiger partial charge in [-0.05, 0) is 31.0 Å². The molecule has 0 amide bonds. The second-order valence-electron chi connectivity index (χ2n) is 4.95. The second-order valence-corrected chi connectivity index (χ2v) is 5.38. The highest BCUT2D eigenvalue weighted by Gasteiger charge is 2.18. The molecule has 0 spiro atoms. The number of carbonyl (C=O) groups is 1. The molecule has 21 heavy (non-hydrogen) atoms. The van der Waals surface area contributed by atoms with Gasteiger partial charge < -0.3 is 9.90 Å². The van der Waals surface area contributed by atoms with Gasteiger partial charge in [-0.2, -0.15) is 5.10 Å². The van der Waals surface area contributed by atoms with Crippen LogP contribution < -0.4 is 5.11 Å². The minimum Gasteiger partial charge on any atom is -0.545 e. The van der Waals surface area contributed by atoms with Gasteiger partial charge in [0.1, 0.15) is 0 Å². The highest BCUT2D eigenvalue weighted by Crippen LogP contribution is 2.23. The van der Waals surface area contributed by atoms with E-state index < -0.39 is 5.97 Å². The van der Waals surface area contributed by atoms with Crippen LogP contribution in [0.4, 0.5) is 0 Å². The maximum atomic E-state index is 11.5. The van der Waals surface area contributed by atoms with Gasteiger partial charge in [-0.15, -0.1) is 0 Å². The molecule has 0 unspecified atom stereocenters. The van der Waals surface area contributed by atoms with Crippen molar-refractivity contribution in [3.63, 3.8) is 0 Å².